The first kappa shape index (κ1) is 9.71. The van der Waals surface area contributed by atoms with E-state index in [1.54, 1.807) is 6.20 Å². The van der Waals surface area contributed by atoms with Crippen molar-refractivity contribution in [2.45, 2.75) is 13.8 Å². The van der Waals surface area contributed by atoms with Crippen molar-refractivity contribution in [2.24, 2.45) is 0 Å². The van der Waals surface area contributed by atoms with E-state index >= 15 is 0 Å². The summed E-state index contributed by atoms with van der Waals surface area (Å²) in [7, 11) is 0. The van der Waals surface area contributed by atoms with Crippen LogP contribution in [0.4, 0.5) is 0 Å². The molecule has 0 saturated carbocycles. The number of rotatable bonds is 2. The van der Waals surface area contributed by atoms with Gasteiger partial charge in [0.1, 0.15) is 5.82 Å². The van der Waals surface area contributed by atoms with Crippen LogP contribution in [0.1, 0.15) is 22.5 Å². The highest BCUT2D eigenvalue weighted by molar-refractivity contribution is 5.70. The summed E-state index contributed by atoms with van der Waals surface area (Å²) in [4.78, 5) is 7.20. The fraction of sp³-hybridized carbons (Fsp3) is 0.154. The molecule has 2 heteroatoms. The second-order valence-electron chi connectivity index (χ2n) is 3.61. The van der Waals surface area contributed by atoms with Gasteiger partial charge >= 0.3 is 0 Å². The Hall–Kier alpha value is -1.83. The lowest BCUT2D eigenvalue weighted by molar-refractivity contribution is 1.27. The molecule has 0 aliphatic rings. The topological polar surface area (TPSA) is 28.7 Å². The molecule has 0 fully saturated rings. The monoisotopic (exact) mass is 198 g/mol. The molecule has 2 nitrogen and oxygen atoms in total. The maximum absolute atomic E-state index is 4.15. The first-order valence-corrected chi connectivity index (χ1v) is 5.01. The summed E-state index contributed by atoms with van der Waals surface area (Å²) in [5.74, 6) is 0.887. The van der Waals surface area contributed by atoms with Gasteiger partial charge in [-0.15, -0.1) is 0 Å². The van der Waals surface area contributed by atoms with Crippen molar-refractivity contribution >= 4 is 12.2 Å². The Labute approximate surface area is 89.7 Å². The minimum Gasteiger partial charge on any atom is -0.345 e. The molecule has 76 valence electrons. The van der Waals surface area contributed by atoms with Crippen molar-refractivity contribution in [1.29, 1.82) is 0 Å². The lowest BCUT2D eigenvalue weighted by atomic mass is 10.0. The maximum Gasteiger partial charge on any atom is 0.129 e. The molecule has 2 rings (SSSR count). The van der Waals surface area contributed by atoms with Crippen molar-refractivity contribution in [3.8, 4) is 0 Å². The number of nitrogens with one attached hydrogen (secondary N) is 1. The summed E-state index contributed by atoms with van der Waals surface area (Å²) in [6, 6.07) is 6.32. The average molecular weight is 198 g/mol. The zero-order valence-corrected chi connectivity index (χ0v) is 8.99. The molecule has 0 atom stereocenters. The number of aryl methyl sites for hydroxylation is 2. The van der Waals surface area contributed by atoms with Gasteiger partial charge < -0.3 is 4.98 Å². The predicted molar refractivity (Wildman–Crippen MR) is 63.4 cm³/mol. The van der Waals surface area contributed by atoms with Crippen LogP contribution in [0.3, 0.4) is 0 Å². The summed E-state index contributed by atoms with van der Waals surface area (Å²) in [5, 5.41) is 0. The van der Waals surface area contributed by atoms with Crippen LogP contribution in [-0.4, -0.2) is 9.97 Å². The molecule has 0 aliphatic carbocycles. The van der Waals surface area contributed by atoms with Crippen LogP contribution < -0.4 is 0 Å². The van der Waals surface area contributed by atoms with Crippen molar-refractivity contribution in [2.75, 3.05) is 0 Å². The second-order valence-corrected chi connectivity index (χ2v) is 3.61. The Bertz CT molecular complexity index is 447. The molecule has 1 aromatic carbocycles. The van der Waals surface area contributed by atoms with E-state index in [4.69, 9.17) is 0 Å². The van der Waals surface area contributed by atoms with Gasteiger partial charge in [0.2, 0.25) is 0 Å². The summed E-state index contributed by atoms with van der Waals surface area (Å²) in [5.41, 5.74) is 3.85. The average Bonchev–Trinajstić information content (AvgIpc) is 2.70. The molecule has 0 saturated heterocycles. The van der Waals surface area contributed by atoms with E-state index in [1.165, 1.54) is 16.7 Å². The summed E-state index contributed by atoms with van der Waals surface area (Å²) >= 11 is 0. The van der Waals surface area contributed by atoms with Gasteiger partial charge in [0.05, 0.1) is 0 Å². The van der Waals surface area contributed by atoms with Gasteiger partial charge in [0.15, 0.2) is 0 Å². The summed E-state index contributed by atoms with van der Waals surface area (Å²) < 4.78 is 0. The van der Waals surface area contributed by atoms with Crippen LogP contribution in [-0.2, 0) is 0 Å². The molecular formula is C13H14N2. The Morgan fingerprint density at radius 1 is 1.13 bits per heavy atom. The van der Waals surface area contributed by atoms with E-state index in [-0.39, 0.29) is 0 Å². The fourth-order valence-electron chi connectivity index (χ4n) is 1.62. The van der Waals surface area contributed by atoms with E-state index < -0.39 is 0 Å². The molecule has 2 aromatic rings. The van der Waals surface area contributed by atoms with E-state index in [9.17, 15) is 0 Å². The molecule has 0 spiro atoms. The lowest BCUT2D eigenvalue weighted by Crippen LogP contribution is -1.85. The first-order valence-electron chi connectivity index (χ1n) is 5.01. The lowest BCUT2D eigenvalue weighted by Gasteiger charge is -2.03. The van der Waals surface area contributed by atoms with Gasteiger partial charge in [-0.05, 0) is 36.6 Å². The molecule has 1 N–H and O–H groups in total. The van der Waals surface area contributed by atoms with Gasteiger partial charge in [0, 0.05) is 12.4 Å². The quantitative estimate of drug-likeness (QED) is 0.788. The number of H-pyrrole nitrogens is 1. The molecule has 0 aliphatic heterocycles. The summed E-state index contributed by atoms with van der Waals surface area (Å²) in [6.45, 7) is 4.24. The van der Waals surface area contributed by atoms with Crippen molar-refractivity contribution < 1.29 is 0 Å². The van der Waals surface area contributed by atoms with Crippen LogP contribution in [0, 0.1) is 13.8 Å². The Morgan fingerprint density at radius 2 is 1.87 bits per heavy atom. The van der Waals surface area contributed by atoms with Gasteiger partial charge in [-0.25, -0.2) is 4.98 Å². The molecule has 0 radical (unpaired) electrons. The van der Waals surface area contributed by atoms with E-state index in [0.29, 0.717) is 0 Å². The smallest absolute Gasteiger partial charge is 0.129 e. The highest BCUT2D eigenvalue weighted by Crippen LogP contribution is 2.15. The largest absolute Gasteiger partial charge is 0.345 e. The fourth-order valence-corrected chi connectivity index (χ4v) is 1.62. The minimum absolute atomic E-state index is 0.887. The Kier molecular flexibility index (Phi) is 2.68. The van der Waals surface area contributed by atoms with Gasteiger partial charge in [-0.3, -0.25) is 0 Å². The van der Waals surface area contributed by atoms with Gasteiger partial charge in [0.25, 0.3) is 0 Å². The number of hydrogen-bond donors (Lipinski definition) is 1. The van der Waals surface area contributed by atoms with Gasteiger partial charge in [-0.1, -0.05) is 24.3 Å². The van der Waals surface area contributed by atoms with E-state index in [0.717, 1.165) is 5.82 Å². The van der Waals surface area contributed by atoms with E-state index in [1.807, 2.05) is 12.3 Å². The van der Waals surface area contributed by atoms with Crippen LogP contribution in [0.25, 0.3) is 12.2 Å². The number of imidazole rings is 1. The van der Waals surface area contributed by atoms with Crippen molar-refractivity contribution in [3.05, 3.63) is 53.1 Å². The van der Waals surface area contributed by atoms with Crippen LogP contribution in [0.2, 0.25) is 0 Å². The normalized spacial score (nSPS) is 11.1. The predicted octanol–water partition coefficient (Wildman–Crippen LogP) is 3.20. The highest BCUT2D eigenvalue weighted by Gasteiger charge is 1.97. The molecular weight excluding hydrogens is 184 g/mol. The zero-order chi connectivity index (χ0) is 10.7. The highest BCUT2D eigenvalue weighted by atomic mass is 14.9. The number of aromatic nitrogens is 2. The molecule has 1 aromatic heterocycles. The van der Waals surface area contributed by atoms with Crippen LogP contribution in [0.5, 0.6) is 0 Å². The third-order valence-electron chi connectivity index (χ3n) is 2.47. The number of aromatic amines is 1. The third-order valence-corrected chi connectivity index (χ3v) is 2.47. The number of nitrogens with zero attached hydrogens (tertiary/aromatic N) is 1. The Balaban J connectivity index is 2.32. The van der Waals surface area contributed by atoms with Crippen molar-refractivity contribution in [1.82, 2.24) is 9.97 Å². The van der Waals surface area contributed by atoms with Gasteiger partial charge in [-0.2, -0.15) is 0 Å². The molecule has 15 heavy (non-hydrogen) atoms. The molecule has 0 unspecified atom stereocenters. The number of benzene rings is 1. The maximum atomic E-state index is 4.15. The van der Waals surface area contributed by atoms with Crippen molar-refractivity contribution in [3.63, 3.8) is 0 Å². The van der Waals surface area contributed by atoms with E-state index in [2.05, 4.69) is 48.1 Å². The zero-order valence-electron chi connectivity index (χ0n) is 8.99. The molecule has 1 heterocycles. The van der Waals surface area contributed by atoms with Crippen LogP contribution >= 0.6 is 0 Å². The molecule has 0 amide bonds. The molecule has 0 bridgehead atoms. The standard InChI is InChI=1S/C13H14N2/c1-10-4-3-5-11(2)12(10)6-7-13-14-8-9-15-13/h3-9H,1-2H3,(H,14,15)/b7-6+. The Morgan fingerprint density at radius 3 is 2.47 bits per heavy atom. The second kappa shape index (κ2) is 4.13. The van der Waals surface area contributed by atoms with Crippen LogP contribution in [0.15, 0.2) is 30.6 Å². The first-order chi connectivity index (χ1) is 7.27. The SMILES string of the molecule is Cc1cccc(C)c1/C=C/c1ncc[nH]1. The minimum atomic E-state index is 0.887. The number of hydrogen-bond acceptors (Lipinski definition) is 1. The summed E-state index contributed by atoms with van der Waals surface area (Å²) in [6.07, 6.45) is 7.67. The third kappa shape index (κ3) is 2.15.